The quantitative estimate of drug-likeness (QED) is 0.658. The van der Waals surface area contributed by atoms with Gasteiger partial charge in [0.05, 0.1) is 0 Å². The molecule has 0 bridgehead atoms. The maximum absolute atomic E-state index is 12.4. The van der Waals surface area contributed by atoms with Crippen LogP contribution in [0.4, 0.5) is 4.39 Å². The van der Waals surface area contributed by atoms with Crippen molar-refractivity contribution in [3.8, 4) is 0 Å². The first-order valence-corrected chi connectivity index (χ1v) is 3.42. The third-order valence-corrected chi connectivity index (χ3v) is 1.49. The molecule has 2 heteroatoms. The minimum absolute atomic E-state index is 0. The third-order valence-electron chi connectivity index (χ3n) is 1.49. The molecule has 0 aliphatic carbocycles. The van der Waals surface area contributed by atoms with E-state index in [0.717, 1.165) is 5.56 Å². The normalized spacial score (nSPS) is 11.6. The molecule has 11 heavy (non-hydrogen) atoms. The summed E-state index contributed by atoms with van der Waals surface area (Å²) >= 11 is 0. The minimum atomic E-state index is -0.238. The van der Waals surface area contributed by atoms with Crippen LogP contribution in [0, 0.1) is 5.82 Å². The van der Waals surface area contributed by atoms with E-state index in [1.54, 1.807) is 18.2 Å². The molecule has 0 unspecified atom stereocenters. The van der Waals surface area contributed by atoms with Gasteiger partial charge in [0.15, 0.2) is 0 Å². The topological polar surface area (TPSA) is 26.0 Å². The lowest BCUT2D eigenvalue weighted by atomic mass is 10.1. The maximum atomic E-state index is 12.4. The van der Waals surface area contributed by atoms with Crippen LogP contribution in [0.5, 0.6) is 0 Å². The first-order valence-electron chi connectivity index (χ1n) is 3.42. The van der Waals surface area contributed by atoms with E-state index in [0.29, 0.717) is 5.70 Å². The number of rotatable bonds is 1. The van der Waals surface area contributed by atoms with E-state index in [4.69, 9.17) is 5.73 Å². The summed E-state index contributed by atoms with van der Waals surface area (Å²) in [5, 5.41) is 0. The van der Waals surface area contributed by atoms with Gasteiger partial charge in [-0.25, -0.2) is 4.39 Å². The van der Waals surface area contributed by atoms with Crippen molar-refractivity contribution in [3.05, 3.63) is 41.7 Å². The Hall–Kier alpha value is -1.31. The Bertz CT molecular complexity index is 266. The SMILES string of the molecule is C/C=C(/N)c1ccc(F)cc1.[HH]. The van der Waals surface area contributed by atoms with E-state index >= 15 is 0 Å². The Labute approximate surface area is 66.8 Å². The monoisotopic (exact) mass is 153 g/mol. The molecule has 0 heterocycles. The zero-order chi connectivity index (χ0) is 8.27. The maximum Gasteiger partial charge on any atom is 0.123 e. The summed E-state index contributed by atoms with van der Waals surface area (Å²) in [4.78, 5) is 0. The molecule has 0 fully saturated rings. The van der Waals surface area contributed by atoms with Crippen LogP contribution in [-0.2, 0) is 0 Å². The van der Waals surface area contributed by atoms with Gasteiger partial charge in [-0.3, -0.25) is 0 Å². The van der Waals surface area contributed by atoms with Crippen LogP contribution in [0.15, 0.2) is 30.3 Å². The lowest BCUT2D eigenvalue weighted by molar-refractivity contribution is 0.627. The lowest BCUT2D eigenvalue weighted by Gasteiger charge is -1.98. The summed E-state index contributed by atoms with van der Waals surface area (Å²) in [6.45, 7) is 1.85. The molecule has 0 saturated heterocycles. The first kappa shape index (κ1) is 7.79. The molecule has 1 rings (SSSR count). The first-order chi connectivity index (χ1) is 5.24. The van der Waals surface area contributed by atoms with Crippen LogP contribution in [-0.4, -0.2) is 0 Å². The molecule has 0 amide bonds. The van der Waals surface area contributed by atoms with Crippen LogP contribution in [0.2, 0.25) is 0 Å². The highest BCUT2D eigenvalue weighted by Crippen LogP contribution is 2.08. The average Bonchev–Trinajstić information content (AvgIpc) is 2.05. The molecule has 2 N–H and O–H groups in total. The van der Waals surface area contributed by atoms with Crippen LogP contribution in [0.25, 0.3) is 5.70 Å². The van der Waals surface area contributed by atoms with Gasteiger partial charge in [-0.1, -0.05) is 18.2 Å². The third kappa shape index (κ3) is 1.80. The van der Waals surface area contributed by atoms with Crippen LogP contribution in [0.3, 0.4) is 0 Å². The Balaban J connectivity index is 0.00000121. The van der Waals surface area contributed by atoms with Crippen molar-refractivity contribution in [1.29, 1.82) is 0 Å². The van der Waals surface area contributed by atoms with E-state index in [-0.39, 0.29) is 7.24 Å². The summed E-state index contributed by atoms with van der Waals surface area (Å²) in [7, 11) is 0. The van der Waals surface area contributed by atoms with E-state index in [1.807, 2.05) is 6.92 Å². The van der Waals surface area contributed by atoms with Gasteiger partial charge in [-0.15, -0.1) is 0 Å². The van der Waals surface area contributed by atoms with E-state index in [1.165, 1.54) is 12.1 Å². The highest BCUT2D eigenvalue weighted by atomic mass is 19.1. The molecule has 1 nitrogen and oxygen atoms in total. The predicted molar refractivity (Wildman–Crippen MR) is 46.4 cm³/mol. The predicted octanol–water partition coefficient (Wildman–Crippen LogP) is 2.39. The van der Waals surface area contributed by atoms with Crippen LogP contribution in [0.1, 0.15) is 13.9 Å². The molecule has 0 aromatic heterocycles. The van der Waals surface area contributed by atoms with Gasteiger partial charge in [-0.05, 0) is 24.6 Å². The molecule has 0 atom stereocenters. The molecule has 1 aromatic carbocycles. The van der Waals surface area contributed by atoms with E-state index in [9.17, 15) is 4.39 Å². The van der Waals surface area contributed by atoms with Crippen molar-refractivity contribution >= 4 is 5.70 Å². The summed E-state index contributed by atoms with van der Waals surface area (Å²) in [6, 6.07) is 6.10. The Morgan fingerprint density at radius 3 is 2.45 bits per heavy atom. The van der Waals surface area contributed by atoms with Gasteiger partial charge >= 0.3 is 0 Å². The highest BCUT2D eigenvalue weighted by molar-refractivity contribution is 5.61. The van der Waals surface area contributed by atoms with Gasteiger partial charge in [-0.2, -0.15) is 0 Å². The molecule has 0 saturated carbocycles. The number of hydrogen-bond acceptors (Lipinski definition) is 1. The van der Waals surface area contributed by atoms with Crippen molar-refractivity contribution in [1.82, 2.24) is 0 Å². The van der Waals surface area contributed by atoms with E-state index in [2.05, 4.69) is 0 Å². The van der Waals surface area contributed by atoms with Gasteiger partial charge in [0.1, 0.15) is 5.82 Å². The second-order valence-corrected chi connectivity index (χ2v) is 2.25. The molecule has 0 aliphatic rings. The Kier molecular flexibility index (Phi) is 2.26. The number of benzene rings is 1. The highest BCUT2D eigenvalue weighted by Gasteiger charge is 1.93. The molecule has 0 aliphatic heterocycles. The van der Waals surface area contributed by atoms with Crippen molar-refractivity contribution < 1.29 is 5.82 Å². The summed E-state index contributed by atoms with van der Waals surface area (Å²) in [5.74, 6) is -0.238. The van der Waals surface area contributed by atoms with Crippen LogP contribution < -0.4 is 5.73 Å². The molecular weight excluding hydrogens is 141 g/mol. The Morgan fingerprint density at radius 2 is 2.00 bits per heavy atom. The van der Waals surface area contributed by atoms with Crippen molar-refractivity contribution in [3.63, 3.8) is 0 Å². The average molecular weight is 153 g/mol. The largest absolute Gasteiger partial charge is 0.399 e. The van der Waals surface area contributed by atoms with Gasteiger partial charge in [0.25, 0.3) is 0 Å². The summed E-state index contributed by atoms with van der Waals surface area (Å²) in [5.41, 5.74) is 7.11. The zero-order valence-electron chi connectivity index (χ0n) is 6.34. The van der Waals surface area contributed by atoms with Gasteiger partial charge in [0.2, 0.25) is 0 Å². The zero-order valence-corrected chi connectivity index (χ0v) is 6.34. The Morgan fingerprint density at radius 1 is 1.45 bits per heavy atom. The smallest absolute Gasteiger partial charge is 0.123 e. The fraction of sp³-hybridized carbons (Fsp3) is 0.111. The molecule has 1 aromatic rings. The number of hydrogen-bond donors (Lipinski definition) is 1. The van der Waals surface area contributed by atoms with Crippen LogP contribution >= 0.6 is 0 Å². The fourth-order valence-corrected chi connectivity index (χ4v) is 0.809. The minimum Gasteiger partial charge on any atom is -0.399 e. The van der Waals surface area contributed by atoms with Crippen molar-refractivity contribution in [2.75, 3.05) is 0 Å². The lowest BCUT2D eigenvalue weighted by Crippen LogP contribution is -1.94. The van der Waals surface area contributed by atoms with Crippen molar-refractivity contribution in [2.45, 2.75) is 6.92 Å². The fourth-order valence-electron chi connectivity index (χ4n) is 0.809. The standard InChI is InChI=1S/C9H10FN.H2/c1-2-9(11)7-3-5-8(10)6-4-7;/h2-6H,11H2,1H3;1H/b9-2+;. The van der Waals surface area contributed by atoms with Crippen molar-refractivity contribution in [2.24, 2.45) is 5.73 Å². The number of nitrogens with two attached hydrogens (primary N) is 1. The molecule has 0 radical (unpaired) electrons. The molecule has 0 spiro atoms. The molecular formula is C9H12FN. The van der Waals surface area contributed by atoms with E-state index < -0.39 is 0 Å². The molecule has 60 valence electrons. The second kappa shape index (κ2) is 3.19. The number of halogens is 1. The van der Waals surface area contributed by atoms with Gasteiger partial charge < -0.3 is 5.73 Å². The summed E-state index contributed by atoms with van der Waals surface area (Å²) in [6.07, 6.45) is 1.78. The number of allylic oxidation sites excluding steroid dienone is 1. The summed E-state index contributed by atoms with van der Waals surface area (Å²) < 4.78 is 12.4. The van der Waals surface area contributed by atoms with Gasteiger partial charge in [0, 0.05) is 7.12 Å². The second-order valence-electron chi connectivity index (χ2n) is 2.25.